The summed E-state index contributed by atoms with van der Waals surface area (Å²) >= 11 is 1.42. The Morgan fingerprint density at radius 2 is 1.49 bits per heavy atom. The second-order valence-corrected chi connectivity index (χ2v) is 8.47. The van der Waals surface area contributed by atoms with Crippen molar-refractivity contribution in [2.24, 2.45) is 0 Å². The van der Waals surface area contributed by atoms with Crippen LogP contribution in [0.1, 0.15) is 15.4 Å². The average molecular weight is 576 g/mol. The zero-order valence-corrected chi connectivity index (χ0v) is 20.4. The number of fused-ring (bicyclic) bond motifs is 1. The van der Waals surface area contributed by atoms with E-state index in [0.29, 0.717) is 11.6 Å². The minimum absolute atomic E-state index is 0.0603. The molecular formula is C23H18F6N4O5S. The molecule has 2 aromatic heterocycles. The van der Waals surface area contributed by atoms with Crippen LogP contribution in [0.25, 0.3) is 21.3 Å². The van der Waals surface area contributed by atoms with Gasteiger partial charge in [-0.15, -0.1) is 11.3 Å². The van der Waals surface area contributed by atoms with Gasteiger partial charge in [-0.1, -0.05) is 36.4 Å². The number of H-pyrrole nitrogens is 1. The van der Waals surface area contributed by atoms with Gasteiger partial charge in [-0.3, -0.25) is 9.89 Å². The number of rotatable bonds is 4. The van der Waals surface area contributed by atoms with E-state index >= 15 is 0 Å². The first kappa shape index (κ1) is 30.8. The summed E-state index contributed by atoms with van der Waals surface area (Å²) in [5, 5.41) is 21.6. The standard InChI is InChI=1S/C19H16N4OS.2C2HF3O2/c1-23(12-13-5-3-2-4-6-13)19(24)18-22-16-8-7-14(9-17(16)25-18)15-10-20-21-11-15;2*3-2(4,5)1(6)7/h2-11H,12H2,1H3,(H,20,21);2*(H,6,7). The highest BCUT2D eigenvalue weighted by molar-refractivity contribution is 7.20. The zero-order chi connectivity index (χ0) is 29.4. The van der Waals surface area contributed by atoms with Gasteiger partial charge in [0.15, 0.2) is 5.01 Å². The van der Waals surface area contributed by atoms with Gasteiger partial charge in [-0.2, -0.15) is 31.4 Å². The van der Waals surface area contributed by atoms with Gasteiger partial charge in [-0.05, 0) is 23.3 Å². The van der Waals surface area contributed by atoms with Crippen molar-refractivity contribution >= 4 is 39.4 Å². The van der Waals surface area contributed by atoms with Crippen LogP contribution >= 0.6 is 11.3 Å². The van der Waals surface area contributed by atoms with E-state index in [-0.39, 0.29) is 5.91 Å². The SMILES string of the molecule is CN(Cc1ccccc1)C(=O)c1nc2ccc(-c3cn[nH]c3)cc2s1.O=C(O)C(F)(F)F.O=C(O)C(F)(F)F. The zero-order valence-electron chi connectivity index (χ0n) is 19.6. The lowest BCUT2D eigenvalue weighted by molar-refractivity contribution is -0.193. The number of benzene rings is 2. The van der Waals surface area contributed by atoms with Crippen LogP contribution in [0.4, 0.5) is 26.3 Å². The van der Waals surface area contributed by atoms with Crippen molar-refractivity contribution in [3.05, 3.63) is 71.5 Å². The molecular weight excluding hydrogens is 558 g/mol. The summed E-state index contributed by atoms with van der Waals surface area (Å²) in [4.78, 5) is 36.7. The quantitative estimate of drug-likeness (QED) is 0.283. The van der Waals surface area contributed by atoms with Crippen LogP contribution in [0.2, 0.25) is 0 Å². The number of aromatic amines is 1. The molecule has 0 aliphatic rings. The van der Waals surface area contributed by atoms with Gasteiger partial charge in [-0.25, -0.2) is 14.6 Å². The largest absolute Gasteiger partial charge is 0.490 e. The second-order valence-electron chi connectivity index (χ2n) is 7.44. The van der Waals surface area contributed by atoms with Crippen LogP contribution in [-0.4, -0.2) is 67.5 Å². The van der Waals surface area contributed by atoms with E-state index in [1.807, 2.05) is 54.7 Å². The van der Waals surface area contributed by atoms with Crippen molar-refractivity contribution in [2.75, 3.05) is 7.05 Å². The van der Waals surface area contributed by atoms with Crippen molar-refractivity contribution in [1.82, 2.24) is 20.1 Å². The number of carbonyl (C=O) groups is 3. The molecule has 16 heteroatoms. The summed E-state index contributed by atoms with van der Waals surface area (Å²) in [5.74, 6) is -5.57. The van der Waals surface area contributed by atoms with Crippen molar-refractivity contribution in [2.45, 2.75) is 18.9 Å². The van der Waals surface area contributed by atoms with Gasteiger partial charge in [0, 0.05) is 25.4 Å². The predicted octanol–water partition coefficient (Wildman–Crippen LogP) is 5.23. The topological polar surface area (TPSA) is 136 Å². The maximum atomic E-state index is 12.7. The minimum atomic E-state index is -5.08. The van der Waals surface area contributed by atoms with Crippen LogP contribution < -0.4 is 0 Å². The maximum Gasteiger partial charge on any atom is 0.490 e. The molecule has 0 fully saturated rings. The molecule has 3 N–H and O–H groups in total. The Balaban J connectivity index is 0.000000317. The van der Waals surface area contributed by atoms with Crippen LogP contribution in [0.5, 0.6) is 0 Å². The fourth-order valence-electron chi connectivity index (χ4n) is 2.70. The molecule has 9 nitrogen and oxygen atoms in total. The Hall–Kier alpha value is -4.47. The smallest absolute Gasteiger partial charge is 0.475 e. The Bertz CT molecular complexity index is 1380. The Morgan fingerprint density at radius 3 is 1.97 bits per heavy atom. The van der Waals surface area contributed by atoms with E-state index in [1.165, 1.54) is 11.3 Å². The molecule has 0 bridgehead atoms. The van der Waals surface area contributed by atoms with Gasteiger partial charge in [0.1, 0.15) is 0 Å². The van der Waals surface area contributed by atoms with E-state index in [9.17, 15) is 31.1 Å². The van der Waals surface area contributed by atoms with Gasteiger partial charge in [0.05, 0.1) is 16.4 Å². The van der Waals surface area contributed by atoms with Gasteiger partial charge in [0.25, 0.3) is 5.91 Å². The highest BCUT2D eigenvalue weighted by atomic mass is 32.1. The third-order valence-electron chi connectivity index (χ3n) is 4.50. The third-order valence-corrected chi connectivity index (χ3v) is 5.50. The number of hydrogen-bond acceptors (Lipinski definition) is 6. The second kappa shape index (κ2) is 12.9. The Kier molecular flexibility index (Phi) is 10.1. The number of carboxylic acid groups (broad SMARTS) is 2. The number of carbonyl (C=O) groups excluding carboxylic acids is 1. The molecule has 0 saturated carbocycles. The molecule has 208 valence electrons. The first-order valence-electron chi connectivity index (χ1n) is 10.4. The monoisotopic (exact) mass is 576 g/mol. The Morgan fingerprint density at radius 1 is 0.923 bits per heavy atom. The van der Waals surface area contributed by atoms with Crippen LogP contribution in [0.3, 0.4) is 0 Å². The van der Waals surface area contributed by atoms with E-state index in [0.717, 1.165) is 26.9 Å². The molecule has 1 amide bonds. The van der Waals surface area contributed by atoms with E-state index in [2.05, 4.69) is 15.2 Å². The van der Waals surface area contributed by atoms with Crippen molar-refractivity contribution in [3.63, 3.8) is 0 Å². The molecule has 2 aromatic carbocycles. The number of nitrogens with zero attached hydrogens (tertiary/aromatic N) is 3. The molecule has 0 aliphatic carbocycles. The molecule has 0 atom stereocenters. The fraction of sp³-hybridized carbons (Fsp3) is 0.174. The summed E-state index contributed by atoms with van der Waals surface area (Å²) in [5.41, 5.74) is 4.02. The van der Waals surface area contributed by atoms with Crippen LogP contribution in [0, 0.1) is 0 Å². The van der Waals surface area contributed by atoms with Gasteiger partial charge < -0.3 is 15.1 Å². The number of alkyl halides is 6. The van der Waals surface area contributed by atoms with Gasteiger partial charge in [0.2, 0.25) is 0 Å². The lowest BCUT2D eigenvalue weighted by Gasteiger charge is -2.15. The lowest BCUT2D eigenvalue weighted by Crippen LogP contribution is -2.25. The van der Waals surface area contributed by atoms with E-state index in [4.69, 9.17) is 19.8 Å². The maximum absolute atomic E-state index is 12.7. The highest BCUT2D eigenvalue weighted by Crippen LogP contribution is 2.28. The molecule has 39 heavy (non-hydrogen) atoms. The Labute approximate surface area is 219 Å². The van der Waals surface area contributed by atoms with Gasteiger partial charge >= 0.3 is 24.3 Å². The van der Waals surface area contributed by atoms with E-state index < -0.39 is 24.3 Å². The van der Waals surface area contributed by atoms with Crippen molar-refractivity contribution < 1.29 is 50.9 Å². The summed E-state index contributed by atoms with van der Waals surface area (Å²) in [6.45, 7) is 0.565. The fourth-order valence-corrected chi connectivity index (χ4v) is 3.70. The number of thiazole rings is 1. The lowest BCUT2D eigenvalue weighted by atomic mass is 10.1. The predicted molar refractivity (Wildman–Crippen MR) is 127 cm³/mol. The molecule has 0 saturated heterocycles. The number of halogens is 6. The molecule has 0 aliphatic heterocycles. The molecule has 0 radical (unpaired) electrons. The summed E-state index contributed by atoms with van der Waals surface area (Å²) < 4.78 is 64.5. The molecule has 4 rings (SSSR count). The number of carboxylic acids is 2. The van der Waals surface area contributed by atoms with Crippen molar-refractivity contribution in [1.29, 1.82) is 0 Å². The number of amides is 1. The number of hydrogen-bond donors (Lipinski definition) is 3. The molecule has 2 heterocycles. The van der Waals surface area contributed by atoms with Crippen LogP contribution in [0.15, 0.2) is 60.9 Å². The summed E-state index contributed by atoms with van der Waals surface area (Å²) in [6, 6.07) is 15.9. The first-order chi connectivity index (χ1) is 18.1. The normalized spacial score (nSPS) is 11.1. The summed E-state index contributed by atoms with van der Waals surface area (Å²) in [6.07, 6.45) is -6.54. The number of aromatic nitrogens is 3. The molecule has 0 unspecified atom stereocenters. The molecule has 4 aromatic rings. The van der Waals surface area contributed by atoms with Crippen LogP contribution in [-0.2, 0) is 16.1 Å². The highest BCUT2D eigenvalue weighted by Gasteiger charge is 2.38. The van der Waals surface area contributed by atoms with Crippen molar-refractivity contribution in [3.8, 4) is 11.1 Å². The first-order valence-corrected chi connectivity index (χ1v) is 11.2. The van der Waals surface area contributed by atoms with E-state index in [1.54, 1.807) is 18.1 Å². The summed E-state index contributed by atoms with van der Waals surface area (Å²) in [7, 11) is 1.80. The average Bonchev–Trinajstić information content (AvgIpc) is 3.53. The minimum Gasteiger partial charge on any atom is -0.475 e. The number of nitrogens with one attached hydrogen (secondary N) is 1. The molecule has 0 spiro atoms. The third kappa shape index (κ3) is 9.41. The number of aliphatic carboxylic acids is 2.